The number of nitrogen functional groups attached to an aromatic ring is 1. The summed E-state index contributed by atoms with van der Waals surface area (Å²) in [5.41, 5.74) is 4.57. The van der Waals surface area contributed by atoms with Crippen LogP contribution >= 0.6 is 15.6 Å². The lowest BCUT2D eigenvalue weighted by molar-refractivity contribution is -0.161. The summed E-state index contributed by atoms with van der Waals surface area (Å²) in [7, 11) is -10.9. The molecular weight excluding hydrogens is 961 g/mol. The van der Waals surface area contributed by atoms with Crippen LogP contribution in [0.15, 0.2) is 90.0 Å². The number of ether oxygens (including phenoxy) is 3. The zero-order valence-electron chi connectivity index (χ0n) is 41.6. The Balaban J connectivity index is 1.87. The predicted molar refractivity (Wildman–Crippen MR) is 271 cm³/mol. The molecule has 0 bridgehead atoms. The summed E-state index contributed by atoms with van der Waals surface area (Å²) in [6.45, 7) is 1.89. The van der Waals surface area contributed by atoms with Gasteiger partial charge in [0, 0.05) is 19.0 Å². The van der Waals surface area contributed by atoms with Crippen LogP contribution in [0.25, 0.3) is 0 Å². The molecule has 1 aromatic heterocycles. The number of aliphatic hydroxyl groups excluding tert-OH is 3. The Morgan fingerprint density at radius 1 is 0.746 bits per heavy atom. The van der Waals surface area contributed by atoms with Crippen LogP contribution in [0.5, 0.6) is 0 Å². The van der Waals surface area contributed by atoms with Crippen molar-refractivity contribution in [2.45, 2.75) is 185 Å². The minimum absolute atomic E-state index is 0.0113. The number of phosphoric ester groups is 2. The number of hydrogen-bond donors (Lipinski definition) is 6. The van der Waals surface area contributed by atoms with Gasteiger partial charge in [-0.05, 0) is 76.7 Å². The molecular formula is C50H81N3O16P2. The molecule has 1 fully saturated rings. The molecule has 0 aromatic carbocycles. The maximum absolute atomic E-state index is 12.9. The summed E-state index contributed by atoms with van der Waals surface area (Å²) in [6, 6.07) is 1.24. The quantitative estimate of drug-likeness (QED) is 0.0117. The molecule has 0 aliphatic carbocycles. The van der Waals surface area contributed by atoms with Crippen LogP contribution in [0, 0.1) is 0 Å². The number of rotatable bonds is 40. The Morgan fingerprint density at radius 2 is 1.32 bits per heavy atom. The number of nitrogens with zero attached hydrogens (tertiary/aromatic N) is 2. The van der Waals surface area contributed by atoms with Crippen LogP contribution < -0.4 is 11.4 Å². The van der Waals surface area contributed by atoms with Crippen LogP contribution in [0.4, 0.5) is 5.82 Å². The van der Waals surface area contributed by atoms with Crippen LogP contribution in [-0.2, 0) is 46.3 Å². The lowest BCUT2D eigenvalue weighted by Gasteiger charge is -2.21. The van der Waals surface area contributed by atoms with E-state index in [9.17, 15) is 48.6 Å². The molecule has 7 N–H and O–H groups in total. The van der Waals surface area contributed by atoms with Gasteiger partial charge in [-0.2, -0.15) is 9.29 Å². The van der Waals surface area contributed by atoms with E-state index in [0.29, 0.717) is 6.42 Å². The molecule has 1 aliphatic rings. The van der Waals surface area contributed by atoms with Crippen molar-refractivity contribution in [2.75, 3.05) is 25.6 Å². The van der Waals surface area contributed by atoms with Gasteiger partial charge in [0.15, 0.2) is 12.3 Å². The predicted octanol–water partition coefficient (Wildman–Crippen LogP) is 9.08. The number of carbonyl (C=O) groups is 2. The first-order chi connectivity index (χ1) is 34.1. The molecule has 8 atom stereocenters. The van der Waals surface area contributed by atoms with Gasteiger partial charge in [0.25, 0.3) is 0 Å². The molecule has 21 heteroatoms. The van der Waals surface area contributed by atoms with Gasteiger partial charge < -0.3 is 45.1 Å². The summed E-state index contributed by atoms with van der Waals surface area (Å²) in [4.78, 5) is 61.9. The lowest BCUT2D eigenvalue weighted by Crippen LogP contribution is -2.36. The maximum atomic E-state index is 12.9. The fourth-order valence-corrected chi connectivity index (χ4v) is 9.05. The monoisotopic (exact) mass is 1040 g/mol. The second-order valence-corrected chi connectivity index (χ2v) is 20.2. The molecule has 2 heterocycles. The van der Waals surface area contributed by atoms with E-state index in [1.807, 2.05) is 12.2 Å². The van der Waals surface area contributed by atoms with Gasteiger partial charge in [-0.25, -0.2) is 13.9 Å². The highest BCUT2D eigenvalue weighted by atomic mass is 31.3. The number of unbranched alkanes of at least 4 members (excludes halogenated alkanes) is 12. The van der Waals surface area contributed by atoms with Crippen LogP contribution in [-0.4, -0.2) is 96.9 Å². The third-order valence-corrected chi connectivity index (χ3v) is 13.5. The average Bonchev–Trinajstić information content (AvgIpc) is 3.60. The highest BCUT2D eigenvalue weighted by Gasteiger charge is 2.46. The largest absolute Gasteiger partial charge is 0.481 e. The minimum atomic E-state index is -5.47. The highest BCUT2D eigenvalue weighted by molar-refractivity contribution is 7.61. The Kier molecular flexibility index (Phi) is 33.7. The number of aliphatic hydroxyl groups is 3. The average molecular weight is 1040 g/mol. The normalized spacial score (nSPS) is 20.2. The van der Waals surface area contributed by atoms with Crippen LogP contribution in [0.3, 0.4) is 0 Å². The summed E-state index contributed by atoms with van der Waals surface area (Å²) in [5.74, 6) is -1.53. The summed E-state index contributed by atoms with van der Waals surface area (Å²) in [6.07, 6.45) is 34.4. The van der Waals surface area contributed by atoms with Gasteiger partial charge in [-0.15, -0.1) is 0 Å². The molecule has 0 saturated carbocycles. The second kappa shape index (κ2) is 37.8. The number of phosphoric acid groups is 2. The molecule has 19 nitrogen and oxygen atoms in total. The Morgan fingerprint density at radius 3 is 2.03 bits per heavy atom. The summed E-state index contributed by atoms with van der Waals surface area (Å²) < 4.78 is 56.6. The van der Waals surface area contributed by atoms with Crippen molar-refractivity contribution in [3.8, 4) is 0 Å². The van der Waals surface area contributed by atoms with Crippen molar-refractivity contribution in [1.82, 2.24) is 9.55 Å². The third-order valence-electron chi connectivity index (χ3n) is 10.9. The molecule has 0 amide bonds. The number of hydrogen-bond acceptors (Lipinski definition) is 16. The van der Waals surface area contributed by atoms with Crippen molar-refractivity contribution in [3.05, 3.63) is 95.7 Å². The number of aromatic nitrogens is 2. The van der Waals surface area contributed by atoms with E-state index in [2.05, 4.69) is 71.8 Å². The van der Waals surface area contributed by atoms with E-state index in [4.69, 9.17) is 29.0 Å². The molecule has 0 spiro atoms. The summed E-state index contributed by atoms with van der Waals surface area (Å²) >= 11 is 0. The molecule has 0 radical (unpaired) electrons. The van der Waals surface area contributed by atoms with Crippen molar-refractivity contribution in [2.24, 2.45) is 0 Å². The Bertz CT molecular complexity index is 1990. The van der Waals surface area contributed by atoms with Gasteiger partial charge in [0.05, 0.1) is 19.3 Å². The topological polar surface area (TPSA) is 286 Å². The van der Waals surface area contributed by atoms with Crippen LogP contribution in [0.1, 0.15) is 155 Å². The first-order valence-electron chi connectivity index (χ1n) is 25.1. The molecule has 1 aromatic rings. The Hall–Kier alpha value is -3.84. The fourth-order valence-electron chi connectivity index (χ4n) is 6.94. The van der Waals surface area contributed by atoms with Crippen LogP contribution in [0.2, 0.25) is 0 Å². The molecule has 1 aliphatic heterocycles. The molecule has 71 heavy (non-hydrogen) atoms. The number of allylic oxidation sites excluding steroid dienone is 11. The molecule has 1 saturated heterocycles. The van der Waals surface area contributed by atoms with Gasteiger partial charge in [0.1, 0.15) is 30.7 Å². The zero-order chi connectivity index (χ0) is 52.2. The fraction of sp³-hybridized carbons (Fsp3) is 0.640. The van der Waals surface area contributed by atoms with Crippen molar-refractivity contribution in [1.29, 1.82) is 0 Å². The van der Waals surface area contributed by atoms with Gasteiger partial charge in [-0.3, -0.25) is 23.2 Å². The van der Waals surface area contributed by atoms with E-state index in [1.54, 1.807) is 12.2 Å². The summed E-state index contributed by atoms with van der Waals surface area (Å²) in [5, 5.41) is 31.2. The second-order valence-electron chi connectivity index (χ2n) is 17.2. The SMILES string of the molecule is CCCCC/C=C\C/C=C\C/C=C\C=C\[C@@H](O)CCCC(=O)OC[C@H](COP(=O)(O)OP(=O)(O)OC[C@H]1O[C@@H](n2ccc(N)nc2=O)[C@H](O)[C@@H]1O)OC(=O)CCCCCCC/C=C\C=C/CCCCCC. The first kappa shape index (κ1) is 63.3. The Labute approximate surface area is 419 Å². The number of anilines is 1. The smallest absolute Gasteiger partial charge is 0.462 e. The third kappa shape index (κ3) is 30.7. The van der Waals surface area contributed by atoms with E-state index >= 15 is 0 Å². The minimum Gasteiger partial charge on any atom is -0.462 e. The van der Waals surface area contributed by atoms with Crippen molar-refractivity contribution >= 4 is 33.4 Å². The zero-order valence-corrected chi connectivity index (χ0v) is 43.4. The molecule has 2 unspecified atom stereocenters. The maximum Gasteiger partial charge on any atom is 0.481 e. The van der Waals surface area contributed by atoms with E-state index in [-0.39, 0.29) is 31.5 Å². The van der Waals surface area contributed by atoms with Gasteiger partial charge in [-0.1, -0.05) is 138 Å². The molecule has 402 valence electrons. The number of esters is 2. The molecule has 2 rings (SSSR count). The van der Waals surface area contributed by atoms with Crippen molar-refractivity contribution in [3.63, 3.8) is 0 Å². The first-order valence-corrected chi connectivity index (χ1v) is 28.1. The number of nitrogens with two attached hydrogens (primary N) is 1. The highest BCUT2D eigenvalue weighted by Crippen LogP contribution is 2.60. The van der Waals surface area contributed by atoms with E-state index in [0.717, 1.165) is 68.6 Å². The number of carbonyl (C=O) groups excluding carboxylic acids is 2. The van der Waals surface area contributed by atoms with Crippen molar-refractivity contribution < 1.29 is 71.4 Å². The van der Waals surface area contributed by atoms with Gasteiger partial charge >= 0.3 is 33.3 Å². The lowest BCUT2D eigenvalue weighted by atomic mass is 10.1. The standard InChI is InChI=1S/C50H81N3O16P2/c1-3-5-7-9-11-13-15-17-18-20-22-24-26-28-30-34-46(56)67-42(38-64-45(55)35-31-33-41(54)32-29-27-25-23-21-19-16-14-12-10-8-6-4-2)39-65-70(60,61)69-71(62,63)66-40-43-47(57)48(58)49(68-43)53-37-36-44(51)52-50(53)59/h12-15,17-19,21,25,27,29,32,36-37,41-43,47-49,54,57-58H,3-11,16,20,22-24,26,28,30-31,33-35,38-40H2,1-2H3,(H,60,61)(H,62,63)(H2,51,52,59)/b14-12-,15-13-,18-17-,21-19-,27-25-,32-29+/t41-,42-,43-,47-,48-,49-/m1/s1. The van der Waals surface area contributed by atoms with E-state index in [1.165, 1.54) is 51.0 Å². The van der Waals surface area contributed by atoms with E-state index < -0.39 is 89.8 Å². The van der Waals surface area contributed by atoms with Gasteiger partial charge in [0.2, 0.25) is 0 Å².